The van der Waals surface area contributed by atoms with Crippen molar-refractivity contribution < 1.29 is 74.6 Å². The zero-order valence-corrected chi connectivity index (χ0v) is 39.8. The fraction of sp³-hybridized carbons (Fsp3) is 0. The summed E-state index contributed by atoms with van der Waals surface area (Å²) in [5.74, 6) is 0. The van der Waals surface area contributed by atoms with Crippen molar-refractivity contribution in [2.75, 3.05) is 0 Å². The molecule has 0 spiro atoms. The van der Waals surface area contributed by atoms with E-state index >= 15 is 0 Å². The van der Waals surface area contributed by atoms with Gasteiger partial charge in [0.1, 0.15) is 22.3 Å². The third kappa shape index (κ3) is 7.34. The SMILES string of the molecule is [2H]c1c([2H])c([2H])c(-c2c([2H])c(-c3c4c([2H])c([2H])c([2H])c([2H])c4c(-c4c([2H])c([2H])c5oc6c([2H])c([2H])c([2H])c([2H])c6c5c4[2H])c4c([2H])c([2H])c([2H])c([2H])c34)c([2H])c3c([2H])c([2H])c([2H])c([2H])c23)c([2H])c1[2H].[2H]c1c([2H])c([2H])c2c(oc3c([2H])c([2H])c(-c4c5c([2H])c([2H])c([2H])c([2H])c5c(-c5c([2H])c([2H])c([2H])c6c([2H])c([2H])c([2H])c([2H])c56)c5c([2H])c([2H])c([2H])c([2H])c45)c([2H])c32)c1[2H]. The minimum absolute atomic E-state index is 0.377. The highest BCUT2D eigenvalue weighted by Gasteiger charge is 2.21. The average molecular weight is 1070 g/mol. The fourth-order valence-electron chi connectivity index (χ4n) is 9.73. The first-order chi connectivity index (χ1) is 59.7. The van der Waals surface area contributed by atoms with Crippen LogP contribution in [0.25, 0.3) is 164 Å². The maximum atomic E-state index is 9.90. The van der Waals surface area contributed by atoms with Crippen LogP contribution in [0.15, 0.2) is 299 Å². The molecule has 0 saturated carbocycles. The van der Waals surface area contributed by atoms with Crippen molar-refractivity contribution in [2.45, 2.75) is 0 Å². The molecule has 0 radical (unpaired) electrons. The van der Waals surface area contributed by atoms with Gasteiger partial charge in [-0.05, 0) is 169 Å². The number of para-hydroxylation sites is 2. The zero-order chi connectivity index (χ0) is 94.4. The van der Waals surface area contributed by atoms with Gasteiger partial charge in [0, 0.05) is 21.5 Å². The van der Waals surface area contributed by atoms with Gasteiger partial charge < -0.3 is 8.83 Å². The van der Waals surface area contributed by atoms with Crippen LogP contribution in [0.3, 0.4) is 0 Å². The lowest BCUT2D eigenvalue weighted by atomic mass is 9.84. The predicted octanol–water partition coefficient (Wildman–Crippen LogP) is 22.4. The minimum Gasteiger partial charge on any atom is -0.456 e. The monoisotopic (exact) mass is 1060 g/mol. The molecule has 0 fully saturated rings. The van der Waals surface area contributed by atoms with Gasteiger partial charge in [0.15, 0.2) is 0 Å². The highest BCUT2D eigenvalue weighted by Crippen LogP contribution is 2.48. The Balaban J connectivity index is 0.000000190. The smallest absolute Gasteiger partial charge is 0.135 e. The van der Waals surface area contributed by atoms with Crippen LogP contribution in [0.1, 0.15) is 65.8 Å². The molecular formula is C78H48O2. The Hall–Kier alpha value is -10.5. The lowest BCUT2D eigenvalue weighted by Crippen LogP contribution is -1.92. The van der Waals surface area contributed by atoms with E-state index in [2.05, 4.69) is 0 Å². The number of benzene rings is 15. The van der Waals surface area contributed by atoms with Crippen molar-refractivity contribution in [3.63, 3.8) is 0 Å². The summed E-state index contributed by atoms with van der Waals surface area (Å²) < 4.78 is 439. The first-order valence-corrected chi connectivity index (χ1v) is 23.6. The summed E-state index contributed by atoms with van der Waals surface area (Å²) in [5, 5.41) is -9.76. The number of hydrogen-bond acceptors (Lipinski definition) is 2. The van der Waals surface area contributed by atoms with Crippen LogP contribution in [0.2, 0.25) is 0 Å². The van der Waals surface area contributed by atoms with Crippen LogP contribution in [-0.2, 0) is 0 Å². The van der Waals surface area contributed by atoms with Crippen LogP contribution in [0.4, 0.5) is 0 Å². The molecule has 2 nitrogen and oxygen atoms in total. The molecule has 2 aromatic heterocycles. The zero-order valence-electron chi connectivity index (χ0n) is 87.8. The van der Waals surface area contributed by atoms with Gasteiger partial charge in [0.25, 0.3) is 0 Å². The molecule has 0 bridgehead atoms. The van der Waals surface area contributed by atoms with E-state index < -0.39 is 449 Å². The van der Waals surface area contributed by atoms with Gasteiger partial charge in [0.05, 0.1) is 65.8 Å². The molecule has 0 unspecified atom stereocenters. The molecule has 80 heavy (non-hydrogen) atoms. The molecule has 0 aliphatic carbocycles. The molecule has 17 aromatic rings. The fourth-order valence-corrected chi connectivity index (χ4v) is 9.73. The van der Waals surface area contributed by atoms with Crippen molar-refractivity contribution in [1.82, 2.24) is 0 Å². The second-order valence-electron chi connectivity index (χ2n) is 17.3. The lowest BCUT2D eigenvalue weighted by Gasteiger charge is -2.19. The van der Waals surface area contributed by atoms with E-state index in [1.165, 1.54) is 0 Å². The van der Waals surface area contributed by atoms with Crippen LogP contribution in [-0.4, -0.2) is 0 Å². The van der Waals surface area contributed by atoms with E-state index in [1.54, 1.807) is 0 Å². The topological polar surface area (TPSA) is 26.3 Å². The Kier molecular flexibility index (Phi) is 4.31. The van der Waals surface area contributed by atoms with Gasteiger partial charge in [-0.2, -0.15) is 0 Å². The number of rotatable bonds is 5. The first kappa shape index (κ1) is 18.6. The standard InChI is InChI=1S/C42H26O.C36H22O/c1-2-12-27(13-3-1)37-26-30(24-28-14-4-5-15-31(28)37)42-35-19-8-6-17-33(35)41(34-18-7-9-20-36(34)42)29-22-23-40-38(25-29)32-16-10-11-21-39(32)43-40;1-2-12-25-23(10-1)11-9-18-27(25)36-30-16-5-3-14-28(30)35(29-15-4-6-17-31(29)36)24-20-21-34-32(22-24)26-13-7-8-19-33(26)37-34/h1-26H;1-22H/i1D,2D,3D,4D,5D,6D,7D,8D,9D,10D,11D,12D,13D,14D,15D,16D,17D,18D,19D,20D,21D,22D,23D,24D,25D,26D;1D,2D,3D,4D,5D,6D,7D,8D,9D,10D,11D,12D,13D,14D,15D,16D,17D,18D,19D,20D,21D,22D. The van der Waals surface area contributed by atoms with E-state index in [-0.39, 0.29) is 5.39 Å². The summed E-state index contributed by atoms with van der Waals surface area (Å²) in [4.78, 5) is 0. The van der Waals surface area contributed by atoms with Gasteiger partial charge in [-0.25, -0.2) is 0 Å². The van der Waals surface area contributed by atoms with Gasteiger partial charge in [-0.1, -0.05) is 242 Å². The quantitative estimate of drug-likeness (QED) is 0.161. The molecule has 0 N–H and O–H groups in total. The normalized spacial score (nSPS) is 20.1. The molecule has 2 heterocycles. The number of fused-ring (bicyclic) bond motifs is 12. The van der Waals surface area contributed by atoms with Crippen molar-refractivity contribution in [1.29, 1.82) is 0 Å². The van der Waals surface area contributed by atoms with Gasteiger partial charge in [-0.15, -0.1) is 0 Å². The lowest BCUT2D eigenvalue weighted by molar-refractivity contribution is 0.668. The second-order valence-corrected chi connectivity index (χ2v) is 17.3. The van der Waals surface area contributed by atoms with E-state index in [0.717, 1.165) is 0 Å². The molecule has 0 amide bonds. The van der Waals surface area contributed by atoms with Crippen molar-refractivity contribution in [3.05, 3.63) is 290 Å². The molecule has 0 aliphatic rings. The summed E-state index contributed by atoms with van der Waals surface area (Å²) in [6.07, 6.45) is 0. The van der Waals surface area contributed by atoms with E-state index in [9.17, 15) is 19.2 Å². The van der Waals surface area contributed by atoms with Crippen LogP contribution in [0.5, 0.6) is 0 Å². The van der Waals surface area contributed by atoms with Crippen LogP contribution in [0, 0.1) is 0 Å². The Bertz CT molecular complexity index is 8070. The molecule has 372 valence electrons. The molecule has 0 atom stereocenters. The summed E-state index contributed by atoms with van der Waals surface area (Å²) in [5.41, 5.74) is -9.26. The molecular weight excluding hydrogens is 969 g/mol. The molecule has 17 rings (SSSR count). The van der Waals surface area contributed by atoms with E-state index in [1.807, 2.05) is 0 Å². The maximum Gasteiger partial charge on any atom is 0.135 e. The minimum atomic E-state index is -1.05. The van der Waals surface area contributed by atoms with E-state index in [0.29, 0.717) is 0 Å². The largest absolute Gasteiger partial charge is 0.456 e. The number of hydrogen-bond donors (Lipinski definition) is 0. The Labute approximate surface area is 529 Å². The highest BCUT2D eigenvalue weighted by atomic mass is 16.3. The predicted molar refractivity (Wildman–Crippen MR) is 340 cm³/mol. The van der Waals surface area contributed by atoms with Crippen molar-refractivity contribution >= 4 is 109 Å². The second kappa shape index (κ2) is 18.6. The molecule has 2 heteroatoms. The number of furan rings is 2. The average Bonchev–Trinajstić information content (AvgIpc) is 0.816. The maximum absolute atomic E-state index is 9.90. The van der Waals surface area contributed by atoms with Crippen molar-refractivity contribution in [2.24, 2.45) is 0 Å². The van der Waals surface area contributed by atoms with Gasteiger partial charge in [-0.3, -0.25) is 0 Å². The Morgan fingerprint density at radius 1 is 0.188 bits per heavy atom. The Morgan fingerprint density at radius 2 is 0.537 bits per heavy atom. The third-order valence-corrected chi connectivity index (χ3v) is 13.0. The van der Waals surface area contributed by atoms with Crippen LogP contribution >= 0.6 is 0 Å². The molecule has 0 saturated heterocycles. The summed E-state index contributed by atoms with van der Waals surface area (Å²) in [6.45, 7) is 0. The summed E-state index contributed by atoms with van der Waals surface area (Å²) in [7, 11) is 0. The highest BCUT2D eigenvalue weighted by molar-refractivity contribution is 6.25. The van der Waals surface area contributed by atoms with E-state index in [4.69, 9.17) is 55.4 Å². The van der Waals surface area contributed by atoms with Gasteiger partial charge >= 0.3 is 0 Å². The molecule has 15 aromatic carbocycles. The van der Waals surface area contributed by atoms with Crippen molar-refractivity contribution in [3.8, 4) is 55.6 Å². The van der Waals surface area contributed by atoms with Crippen LogP contribution < -0.4 is 0 Å². The summed E-state index contributed by atoms with van der Waals surface area (Å²) >= 11 is 0. The first-order valence-electron chi connectivity index (χ1n) is 47.6. The Morgan fingerprint density at radius 3 is 1.02 bits per heavy atom. The van der Waals surface area contributed by atoms with Gasteiger partial charge in [0.2, 0.25) is 0 Å². The molecule has 0 aliphatic heterocycles. The third-order valence-electron chi connectivity index (χ3n) is 13.0. The summed E-state index contributed by atoms with van der Waals surface area (Å²) in [6, 6.07) is -42.5.